The molecule has 2 heterocycles. The molecular weight excluding hydrogens is 226 g/mol. The molecule has 0 amide bonds. The zero-order valence-electron chi connectivity index (χ0n) is 8.73. The first-order valence-corrected chi connectivity index (χ1v) is 6.37. The third-order valence-corrected chi connectivity index (χ3v) is 4.00. The van der Waals surface area contributed by atoms with Crippen molar-refractivity contribution >= 4 is 17.7 Å². The number of hydrogen-bond donors (Lipinski definition) is 2. The number of H-pyrrole nitrogens is 1. The van der Waals surface area contributed by atoms with Gasteiger partial charge >= 0.3 is 5.97 Å². The van der Waals surface area contributed by atoms with Crippen LogP contribution in [-0.4, -0.2) is 27.6 Å². The van der Waals surface area contributed by atoms with Gasteiger partial charge in [0.2, 0.25) is 0 Å². The van der Waals surface area contributed by atoms with Gasteiger partial charge in [-0.15, -0.1) is 0 Å². The van der Waals surface area contributed by atoms with Crippen molar-refractivity contribution in [2.75, 3.05) is 11.5 Å². The largest absolute Gasteiger partial charge is 0.477 e. The Kier molecular flexibility index (Phi) is 3.33. The van der Waals surface area contributed by atoms with E-state index in [1.807, 2.05) is 11.8 Å². The Labute approximate surface area is 97.1 Å². The zero-order chi connectivity index (χ0) is 11.5. The van der Waals surface area contributed by atoms with Crippen LogP contribution in [0.4, 0.5) is 0 Å². The van der Waals surface area contributed by atoms with Crippen LogP contribution in [0.2, 0.25) is 0 Å². The van der Waals surface area contributed by atoms with E-state index in [9.17, 15) is 9.59 Å². The first-order chi connectivity index (χ1) is 7.68. The van der Waals surface area contributed by atoms with Crippen molar-refractivity contribution in [1.82, 2.24) is 4.98 Å². The highest BCUT2D eigenvalue weighted by Crippen LogP contribution is 2.30. The van der Waals surface area contributed by atoms with Crippen LogP contribution < -0.4 is 5.56 Å². The van der Waals surface area contributed by atoms with Gasteiger partial charge in [0.25, 0.3) is 5.56 Å². The summed E-state index contributed by atoms with van der Waals surface area (Å²) in [6.45, 7) is 0. The molecule has 0 bridgehead atoms. The fourth-order valence-electron chi connectivity index (χ4n) is 1.90. The van der Waals surface area contributed by atoms with Gasteiger partial charge in [0.05, 0.1) is 0 Å². The molecule has 1 aromatic heterocycles. The van der Waals surface area contributed by atoms with E-state index in [0.717, 1.165) is 24.2 Å². The Hall–Kier alpha value is -1.23. The van der Waals surface area contributed by atoms with Crippen molar-refractivity contribution < 1.29 is 9.90 Å². The summed E-state index contributed by atoms with van der Waals surface area (Å²) in [4.78, 5) is 24.6. The molecule has 5 heteroatoms. The molecule has 0 saturated carbocycles. The molecule has 4 nitrogen and oxygen atoms in total. The smallest absolute Gasteiger partial charge is 0.341 e. The number of aromatic amines is 1. The van der Waals surface area contributed by atoms with Gasteiger partial charge in [-0.2, -0.15) is 11.8 Å². The lowest BCUT2D eigenvalue weighted by Gasteiger charge is -2.21. The Morgan fingerprint density at radius 2 is 2.38 bits per heavy atom. The van der Waals surface area contributed by atoms with Crippen molar-refractivity contribution in [3.8, 4) is 0 Å². The first kappa shape index (κ1) is 11.3. The lowest BCUT2D eigenvalue weighted by atomic mass is 9.96. The number of nitrogens with one attached hydrogen (secondary N) is 1. The molecule has 1 saturated heterocycles. The number of thioether (sulfide) groups is 1. The first-order valence-electron chi connectivity index (χ1n) is 5.22. The number of carboxylic acids is 1. The summed E-state index contributed by atoms with van der Waals surface area (Å²) in [5.74, 6) is 1.39. The molecule has 0 aromatic carbocycles. The minimum Gasteiger partial charge on any atom is -0.477 e. The number of aromatic carboxylic acids is 1. The molecule has 0 aliphatic carbocycles. The molecule has 1 fully saturated rings. The second-order valence-electron chi connectivity index (χ2n) is 3.90. The van der Waals surface area contributed by atoms with Crippen molar-refractivity contribution in [2.24, 2.45) is 0 Å². The summed E-state index contributed by atoms with van der Waals surface area (Å²) in [5, 5.41) is 8.86. The summed E-state index contributed by atoms with van der Waals surface area (Å²) >= 11 is 1.88. The van der Waals surface area contributed by atoms with Gasteiger partial charge in [-0.1, -0.05) is 0 Å². The Balaban J connectivity index is 2.31. The highest BCUT2D eigenvalue weighted by molar-refractivity contribution is 7.99. The molecule has 0 spiro atoms. The maximum atomic E-state index is 11.3. The minimum absolute atomic E-state index is 0.159. The minimum atomic E-state index is -1.16. The molecule has 16 heavy (non-hydrogen) atoms. The zero-order valence-corrected chi connectivity index (χ0v) is 9.55. The molecule has 2 N–H and O–H groups in total. The SMILES string of the molecule is O=C(O)c1cc(C2CCCSC2)c[nH]c1=O. The van der Waals surface area contributed by atoms with Crippen LogP contribution in [0.25, 0.3) is 0 Å². The Morgan fingerprint density at radius 1 is 1.56 bits per heavy atom. The topological polar surface area (TPSA) is 70.2 Å². The normalized spacial score (nSPS) is 20.6. The van der Waals surface area contributed by atoms with Gasteiger partial charge < -0.3 is 10.1 Å². The average Bonchev–Trinajstić information content (AvgIpc) is 2.30. The highest BCUT2D eigenvalue weighted by Gasteiger charge is 2.18. The molecule has 1 aliphatic rings. The van der Waals surface area contributed by atoms with Gasteiger partial charge in [-0.05, 0) is 36.1 Å². The summed E-state index contributed by atoms with van der Waals surface area (Å²) in [5.41, 5.74) is 0.247. The number of aromatic nitrogens is 1. The quantitative estimate of drug-likeness (QED) is 0.823. The van der Waals surface area contributed by atoms with Crippen molar-refractivity contribution in [1.29, 1.82) is 0 Å². The number of rotatable bonds is 2. The Bertz CT molecular complexity index is 449. The van der Waals surface area contributed by atoms with Crippen LogP contribution >= 0.6 is 11.8 Å². The maximum Gasteiger partial charge on any atom is 0.341 e. The van der Waals surface area contributed by atoms with Gasteiger partial charge in [-0.3, -0.25) is 4.79 Å². The number of carboxylic acid groups (broad SMARTS) is 1. The molecule has 1 aliphatic heterocycles. The lowest BCUT2D eigenvalue weighted by Crippen LogP contribution is -2.19. The summed E-state index contributed by atoms with van der Waals surface area (Å²) in [6, 6.07) is 1.51. The van der Waals surface area contributed by atoms with E-state index in [-0.39, 0.29) is 5.56 Å². The van der Waals surface area contributed by atoms with Crippen molar-refractivity contribution in [2.45, 2.75) is 18.8 Å². The molecule has 0 radical (unpaired) electrons. The van der Waals surface area contributed by atoms with E-state index in [0.29, 0.717) is 5.92 Å². The van der Waals surface area contributed by atoms with E-state index >= 15 is 0 Å². The van der Waals surface area contributed by atoms with Crippen molar-refractivity contribution in [3.63, 3.8) is 0 Å². The van der Waals surface area contributed by atoms with Gasteiger partial charge in [0.15, 0.2) is 0 Å². The molecule has 1 aromatic rings. The fourth-order valence-corrected chi connectivity index (χ4v) is 3.08. The highest BCUT2D eigenvalue weighted by atomic mass is 32.2. The molecule has 1 unspecified atom stereocenters. The predicted octanol–water partition coefficient (Wildman–Crippen LogP) is 1.68. The van der Waals surface area contributed by atoms with Crippen LogP contribution in [0.3, 0.4) is 0 Å². The standard InChI is InChI=1S/C11H13NO3S/c13-10-9(11(14)15)4-8(5-12-10)7-2-1-3-16-6-7/h4-5,7H,1-3,6H2,(H,12,13)(H,14,15). The molecule has 2 rings (SSSR count). The van der Waals surface area contributed by atoms with Crippen molar-refractivity contribution in [3.05, 3.63) is 33.7 Å². The Morgan fingerprint density at radius 3 is 3.00 bits per heavy atom. The van der Waals surface area contributed by atoms with Crippen LogP contribution in [0, 0.1) is 0 Å². The number of hydrogen-bond acceptors (Lipinski definition) is 3. The molecule has 86 valence electrons. The second kappa shape index (κ2) is 4.74. The van der Waals surface area contributed by atoms with E-state index in [1.54, 1.807) is 6.20 Å². The van der Waals surface area contributed by atoms with E-state index in [1.165, 1.54) is 11.8 Å². The number of carbonyl (C=O) groups is 1. The van der Waals surface area contributed by atoms with Gasteiger partial charge in [0.1, 0.15) is 5.56 Å². The number of pyridine rings is 1. The maximum absolute atomic E-state index is 11.3. The third kappa shape index (κ3) is 2.29. The van der Waals surface area contributed by atoms with Gasteiger partial charge in [0, 0.05) is 11.9 Å². The van der Waals surface area contributed by atoms with Crippen LogP contribution in [0.15, 0.2) is 17.1 Å². The third-order valence-electron chi connectivity index (χ3n) is 2.79. The summed E-state index contributed by atoms with van der Waals surface area (Å²) in [6.07, 6.45) is 3.86. The average molecular weight is 239 g/mol. The van der Waals surface area contributed by atoms with Crippen LogP contribution in [0.5, 0.6) is 0 Å². The molecular formula is C11H13NO3S. The fraction of sp³-hybridized carbons (Fsp3) is 0.455. The summed E-state index contributed by atoms with van der Waals surface area (Å²) < 4.78 is 0. The van der Waals surface area contributed by atoms with Crippen LogP contribution in [-0.2, 0) is 0 Å². The second-order valence-corrected chi connectivity index (χ2v) is 5.04. The van der Waals surface area contributed by atoms with Gasteiger partial charge in [-0.25, -0.2) is 4.79 Å². The van der Waals surface area contributed by atoms with E-state index in [4.69, 9.17) is 5.11 Å². The summed E-state index contributed by atoms with van der Waals surface area (Å²) in [7, 11) is 0. The molecule has 1 atom stereocenters. The van der Waals surface area contributed by atoms with E-state index < -0.39 is 11.5 Å². The monoisotopic (exact) mass is 239 g/mol. The lowest BCUT2D eigenvalue weighted by molar-refractivity contribution is 0.0695. The predicted molar refractivity (Wildman–Crippen MR) is 63.3 cm³/mol. The van der Waals surface area contributed by atoms with Crippen LogP contribution in [0.1, 0.15) is 34.7 Å². The van der Waals surface area contributed by atoms with E-state index in [2.05, 4.69) is 4.98 Å².